The molecule has 1 aromatic carbocycles. The molecule has 0 aliphatic heterocycles. The van der Waals surface area contributed by atoms with Gasteiger partial charge in [0.15, 0.2) is 5.96 Å². The Kier molecular flexibility index (Phi) is 6.19. The number of anilines is 1. The highest BCUT2D eigenvalue weighted by atomic mass is 127. The van der Waals surface area contributed by atoms with E-state index in [-0.39, 0.29) is 24.0 Å². The van der Waals surface area contributed by atoms with E-state index in [0.29, 0.717) is 12.5 Å². The fraction of sp³-hybridized carbons (Fsp3) is 0.333. The zero-order valence-electron chi connectivity index (χ0n) is 12.8. The normalized spacial score (nSPS) is 11.1. The summed E-state index contributed by atoms with van der Waals surface area (Å²) in [6, 6.07) is 6.22. The van der Waals surface area contributed by atoms with Gasteiger partial charge >= 0.3 is 0 Å². The number of aromatic nitrogens is 2. The molecule has 2 aromatic rings. The second-order valence-electron chi connectivity index (χ2n) is 5.08. The standard InChI is InChI=1S/C15H21N5.HI/c1-10-5-11(2)7-14(6-10)19-15(16)17-8-13-9-18-20(4)12(13)3;/h5-7,9H,8H2,1-4H3,(H3,16,17,19);1H. The van der Waals surface area contributed by atoms with E-state index in [1.807, 2.05) is 37.0 Å². The Labute approximate surface area is 142 Å². The topological polar surface area (TPSA) is 68.2 Å². The van der Waals surface area contributed by atoms with Crippen LogP contribution in [0.15, 0.2) is 29.4 Å². The summed E-state index contributed by atoms with van der Waals surface area (Å²) in [5.41, 5.74) is 11.5. The number of nitrogens with two attached hydrogens (primary N) is 1. The predicted molar refractivity (Wildman–Crippen MR) is 98.2 cm³/mol. The third-order valence-electron chi connectivity index (χ3n) is 3.25. The van der Waals surface area contributed by atoms with Crippen LogP contribution in [0.4, 0.5) is 5.69 Å². The molecule has 0 amide bonds. The molecular formula is C15H22IN5. The van der Waals surface area contributed by atoms with Crippen LogP contribution >= 0.6 is 24.0 Å². The number of guanidine groups is 1. The molecule has 1 heterocycles. The van der Waals surface area contributed by atoms with E-state index in [1.165, 1.54) is 11.1 Å². The largest absolute Gasteiger partial charge is 0.370 e. The van der Waals surface area contributed by atoms with Crippen molar-refractivity contribution in [3.8, 4) is 0 Å². The minimum absolute atomic E-state index is 0. The summed E-state index contributed by atoms with van der Waals surface area (Å²) < 4.78 is 1.83. The number of hydrogen-bond donors (Lipinski definition) is 2. The lowest BCUT2D eigenvalue weighted by Gasteiger charge is -2.08. The van der Waals surface area contributed by atoms with Crippen LogP contribution in [0.5, 0.6) is 0 Å². The zero-order valence-corrected chi connectivity index (χ0v) is 15.2. The first kappa shape index (κ1) is 17.5. The molecule has 114 valence electrons. The van der Waals surface area contributed by atoms with Crippen molar-refractivity contribution in [2.45, 2.75) is 27.3 Å². The molecule has 0 radical (unpaired) electrons. The summed E-state index contributed by atoms with van der Waals surface area (Å²) in [5, 5.41) is 7.31. The van der Waals surface area contributed by atoms with E-state index < -0.39 is 0 Å². The van der Waals surface area contributed by atoms with Crippen LogP contribution in [0.3, 0.4) is 0 Å². The average molecular weight is 399 g/mol. The maximum Gasteiger partial charge on any atom is 0.193 e. The van der Waals surface area contributed by atoms with Gasteiger partial charge in [-0.1, -0.05) is 6.07 Å². The highest BCUT2D eigenvalue weighted by molar-refractivity contribution is 14.0. The van der Waals surface area contributed by atoms with Gasteiger partial charge in [0, 0.05) is 24.0 Å². The monoisotopic (exact) mass is 399 g/mol. The van der Waals surface area contributed by atoms with Gasteiger partial charge in [-0.25, -0.2) is 4.99 Å². The third kappa shape index (κ3) is 4.73. The smallest absolute Gasteiger partial charge is 0.193 e. The van der Waals surface area contributed by atoms with Crippen molar-refractivity contribution in [3.05, 3.63) is 46.8 Å². The number of halogens is 1. The minimum Gasteiger partial charge on any atom is -0.370 e. The molecule has 2 rings (SSSR count). The van der Waals surface area contributed by atoms with Crippen LogP contribution in [0.25, 0.3) is 0 Å². The summed E-state index contributed by atoms with van der Waals surface area (Å²) in [4.78, 5) is 4.35. The van der Waals surface area contributed by atoms with E-state index >= 15 is 0 Å². The van der Waals surface area contributed by atoms with Crippen LogP contribution in [0.1, 0.15) is 22.4 Å². The zero-order chi connectivity index (χ0) is 14.7. The molecule has 0 saturated heterocycles. The Balaban J connectivity index is 0.00000220. The molecule has 0 fully saturated rings. The molecule has 21 heavy (non-hydrogen) atoms. The Morgan fingerprint density at radius 2 is 1.86 bits per heavy atom. The highest BCUT2D eigenvalue weighted by Crippen LogP contribution is 2.13. The number of nitrogens with one attached hydrogen (secondary N) is 1. The minimum atomic E-state index is 0. The Morgan fingerprint density at radius 1 is 1.24 bits per heavy atom. The predicted octanol–water partition coefficient (Wildman–Crippen LogP) is 2.89. The van der Waals surface area contributed by atoms with Gasteiger partial charge in [-0.05, 0) is 44.0 Å². The molecular weight excluding hydrogens is 377 g/mol. The van der Waals surface area contributed by atoms with Gasteiger partial charge in [-0.2, -0.15) is 5.10 Å². The SMILES string of the molecule is Cc1cc(C)cc(NC(N)=NCc2cnn(C)c2C)c1.I. The summed E-state index contributed by atoms with van der Waals surface area (Å²) in [7, 11) is 1.92. The van der Waals surface area contributed by atoms with Crippen LogP contribution < -0.4 is 11.1 Å². The van der Waals surface area contributed by atoms with Crippen molar-refractivity contribution in [2.24, 2.45) is 17.8 Å². The van der Waals surface area contributed by atoms with Crippen molar-refractivity contribution >= 4 is 35.6 Å². The summed E-state index contributed by atoms with van der Waals surface area (Å²) >= 11 is 0. The first-order valence-electron chi connectivity index (χ1n) is 6.58. The van der Waals surface area contributed by atoms with Crippen LogP contribution in [-0.2, 0) is 13.6 Å². The molecule has 0 bridgehead atoms. The molecule has 0 saturated carbocycles. The van der Waals surface area contributed by atoms with Gasteiger partial charge in [-0.3, -0.25) is 4.68 Å². The van der Waals surface area contributed by atoms with Gasteiger partial charge in [0.25, 0.3) is 0 Å². The van der Waals surface area contributed by atoms with E-state index in [9.17, 15) is 0 Å². The van der Waals surface area contributed by atoms with Crippen molar-refractivity contribution in [3.63, 3.8) is 0 Å². The van der Waals surface area contributed by atoms with Crippen molar-refractivity contribution < 1.29 is 0 Å². The molecule has 0 atom stereocenters. The molecule has 1 aromatic heterocycles. The van der Waals surface area contributed by atoms with Gasteiger partial charge in [-0.15, -0.1) is 24.0 Å². The fourth-order valence-electron chi connectivity index (χ4n) is 2.10. The molecule has 0 aliphatic carbocycles. The number of aliphatic imine (C=N–C) groups is 1. The molecule has 0 aliphatic rings. The average Bonchev–Trinajstić information content (AvgIpc) is 2.66. The molecule has 6 heteroatoms. The fourth-order valence-corrected chi connectivity index (χ4v) is 2.10. The molecule has 0 unspecified atom stereocenters. The van der Waals surface area contributed by atoms with Crippen LogP contribution in [0, 0.1) is 20.8 Å². The van der Waals surface area contributed by atoms with Gasteiger partial charge in [0.2, 0.25) is 0 Å². The van der Waals surface area contributed by atoms with Crippen molar-refractivity contribution in [1.82, 2.24) is 9.78 Å². The van der Waals surface area contributed by atoms with Crippen molar-refractivity contribution in [2.75, 3.05) is 5.32 Å². The lowest BCUT2D eigenvalue weighted by Crippen LogP contribution is -2.22. The second-order valence-corrected chi connectivity index (χ2v) is 5.08. The second kappa shape index (κ2) is 7.44. The Hall–Kier alpha value is -1.57. The van der Waals surface area contributed by atoms with E-state index in [2.05, 4.69) is 35.3 Å². The number of aryl methyl sites for hydroxylation is 3. The first-order chi connectivity index (χ1) is 9.45. The third-order valence-corrected chi connectivity index (χ3v) is 3.25. The lowest BCUT2D eigenvalue weighted by molar-refractivity contribution is 0.737. The summed E-state index contributed by atoms with van der Waals surface area (Å²) in [6.45, 7) is 6.67. The number of nitrogens with zero attached hydrogens (tertiary/aromatic N) is 3. The number of rotatable bonds is 3. The molecule has 3 N–H and O–H groups in total. The Morgan fingerprint density at radius 3 is 2.38 bits per heavy atom. The maximum absolute atomic E-state index is 5.92. The maximum atomic E-state index is 5.92. The molecule has 5 nitrogen and oxygen atoms in total. The summed E-state index contributed by atoms with van der Waals surface area (Å²) in [5.74, 6) is 0.415. The number of benzene rings is 1. The highest BCUT2D eigenvalue weighted by Gasteiger charge is 2.03. The Bertz CT molecular complexity index is 625. The van der Waals surface area contributed by atoms with E-state index in [0.717, 1.165) is 16.9 Å². The number of hydrogen-bond acceptors (Lipinski definition) is 2. The van der Waals surface area contributed by atoms with Gasteiger partial charge < -0.3 is 11.1 Å². The van der Waals surface area contributed by atoms with Gasteiger partial charge in [0.05, 0.1) is 12.7 Å². The van der Waals surface area contributed by atoms with Gasteiger partial charge in [0.1, 0.15) is 0 Å². The quantitative estimate of drug-likeness (QED) is 0.474. The van der Waals surface area contributed by atoms with E-state index in [1.54, 1.807) is 0 Å². The molecule has 0 spiro atoms. The van der Waals surface area contributed by atoms with Crippen molar-refractivity contribution in [1.29, 1.82) is 0 Å². The van der Waals surface area contributed by atoms with Crippen LogP contribution in [-0.4, -0.2) is 15.7 Å². The first-order valence-corrected chi connectivity index (χ1v) is 6.58. The summed E-state index contributed by atoms with van der Waals surface area (Å²) in [6.07, 6.45) is 1.82. The van der Waals surface area contributed by atoms with Crippen LogP contribution in [0.2, 0.25) is 0 Å². The van der Waals surface area contributed by atoms with E-state index in [4.69, 9.17) is 5.73 Å². The lowest BCUT2D eigenvalue weighted by atomic mass is 10.1.